The molecule has 12 heteroatoms. The van der Waals surface area contributed by atoms with Gasteiger partial charge in [-0.25, -0.2) is 4.98 Å². The molecule has 2 unspecified atom stereocenters. The number of rotatable bonds is 7. The maximum atomic E-state index is 14.9. The number of methoxy groups -OCH3 is 1. The number of carbonyl (C=O) groups excluding carboxylic acids is 2. The highest BCUT2D eigenvalue weighted by atomic mass is 19.3. The molecule has 1 N–H and O–H groups in total. The highest BCUT2D eigenvalue weighted by Gasteiger charge is 2.49. The molecule has 3 heterocycles. The lowest BCUT2D eigenvalue weighted by molar-refractivity contribution is -0.140. The van der Waals surface area contributed by atoms with Crippen molar-refractivity contribution in [3.8, 4) is 0 Å². The normalized spacial score (nSPS) is 27.1. The molecule has 222 valence electrons. The molecule has 10 nitrogen and oxygen atoms in total. The van der Waals surface area contributed by atoms with Gasteiger partial charge in [-0.05, 0) is 37.7 Å². The predicted molar refractivity (Wildman–Crippen MR) is 151 cm³/mol. The minimum absolute atomic E-state index is 0.00468. The van der Waals surface area contributed by atoms with Crippen LogP contribution in [0.15, 0.2) is 30.0 Å². The molecule has 1 aromatic rings. The van der Waals surface area contributed by atoms with Gasteiger partial charge in [0.1, 0.15) is 11.8 Å². The maximum Gasteiger partial charge on any atom is 0.342 e. The average molecular weight is 572 g/mol. The SMILES string of the molecule is COC1C=C(C(=O)N2CCN(CC3CC3)CC2)C=CC1Nc1ncc2c(n1)N(C1CCCC1)CC(F)(F)C(=O)N2C. The number of aromatic nitrogens is 2. The standard InChI is InChI=1S/C29H39F2N7O3/c1-35-23-16-32-28(34-25(23)38(21-5-3-4-6-21)18-29(30,31)27(35)40)33-22-10-9-20(15-24(22)41-2)26(39)37-13-11-36(12-14-37)17-19-7-8-19/h9-10,15-16,19,21-22,24H,3-8,11-14,17-18H2,1-2H3,(H,32,33,34). The average Bonchev–Trinajstić information content (AvgIpc) is 3.64. The van der Waals surface area contributed by atoms with Gasteiger partial charge < -0.3 is 24.8 Å². The number of halogens is 2. The van der Waals surface area contributed by atoms with Crippen LogP contribution in [0.5, 0.6) is 0 Å². The summed E-state index contributed by atoms with van der Waals surface area (Å²) >= 11 is 0. The second kappa shape index (κ2) is 11.3. The summed E-state index contributed by atoms with van der Waals surface area (Å²) < 4.78 is 35.5. The lowest BCUT2D eigenvalue weighted by Gasteiger charge is -2.35. The Bertz CT molecular complexity index is 1220. The fourth-order valence-electron chi connectivity index (χ4n) is 6.38. The number of nitrogens with zero attached hydrogens (tertiary/aromatic N) is 6. The van der Waals surface area contributed by atoms with Crippen LogP contribution in [0.4, 0.5) is 26.2 Å². The van der Waals surface area contributed by atoms with Crippen LogP contribution < -0.4 is 15.1 Å². The zero-order valence-corrected chi connectivity index (χ0v) is 23.8. The van der Waals surface area contributed by atoms with Crippen molar-refractivity contribution in [3.05, 3.63) is 30.0 Å². The summed E-state index contributed by atoms with van der Waals surface area (Å²) in [6.45, 7) is 3.66. The van der Waals surface area contributed by atoms with E-state index >= 15 is 0 Å². The molecule has 1 aromatic heterocycles. The molecule has 2 saturated carbocycles. The molecule has 0 bridgehead atoms. The molecule has 2 aliphatic heterocycles. The lowest BCUT2D eigenvalue weighted by Crippen LogP contribution is -2.49. The highest BCUT2D eigenvalue weighted by molar-refractivity contribution is 6.02. The van der Waals surface area contributed by atoms with Gasteiger partial charge in [0.2, 0.25) is 5.95 Å². The van der Waals surface area contributed by atoms with Crippen molar-refractivity contribution >= 4 is 29.3 Å². The van der Waals surface area contributed by atoms with E-state index in [0.29, 0.717) is 24.5 Å². The quantitative estimate of drug-likeness (QED) is 0.534. The zero-order valence-electron chi connectivity index (χ0n) is 23.8. The van der Waals surface area contributed by atoms with Crippen molar-refractivity contribution in [2.75, 3.05) is 68.5 Å². The summed E-state index contributed by atoms with van der Waals surface area (Å²) in [6.07, 6.45) is 12.5. The minimum Gasteiger partial charge on any atom is -0.375 e. The highest BCUT2D eigenvalue weighted by Crippen LogP contribution is 2.39. The Kier molecular flexibility index (Phi) is 7.71. The van der Waals surface area contributed by atoms with E-state index < -0.39 is 24.5 Å². The van der Waals surface area contributed by atoms with Gasteiger partial charge in [-0.3, -0.25) is 14.5 Å². The molecule has 2 amide bonds. The van der Waals surface area contributed by atoms with Crippen molar-refractivity contribution in [2.24, 2.45) is 5.92 Å². The van der Waals surface area contributed by atoms with Crippen LogP contribution in [0.1, 0.15) is 38.5 Å². The molecule has 5 aliphatic rings. The van der Waals surface area contributed by atoms with Crippen LogP contribution in [-0.4, -0.2) is 109 Å². The van der Waals surface area contributed by atoms with Gasteiger partial charge in [0.15, 0.2) is 5.82 Å². The van der Waals surface area contributed by atoms with Crippen LogP contribution in [0.2, 0.25) is 0 Å². The number of anilines is 3. The first-order chi connectivity index (χ1) is 19.7. The monoisotopic (exact) mass is 571 g/mol. The number of alkyl halides is 2. The molecule has 1 saturated heterocycles. The van der Waals surface area contributed by atoms with Crippen LogP contribution in [0.3, 0.4) is 0 Å². The van der Waals surface area contributed by atoms with E-state index in [-0.39, 0.29) is 29.6 Å². The molecule has 2 atom stereocenters. The number of ether oxygens (including phenoxy) is 1. The Balaban J connectivity index is 1.16. The van der Waals surface area contributed by atoms with Gasteiger partial charge in [0, 0.05) is 58.5 Å². The molecule has 41 heavy (non-hydrogen) atoms. The fourth-order valence-corrected chi connectivity index (χ4v) is 6.38. The largest absolute Gasteiger partial charge is 0.375 e. The first-order valence-corrected chi connectivity index (χ1v) is 14.7. The maximum absolute atomic E-state index is 14.9. The van der Waals surface area contributed by atoms with Gasteiger partial charge in [0.25, 0.3) is 11.8 Å². The minimum atomic E-state index is -3.53. The van der Waals surface area contributed by atoms with Gasteiger partial charge in [-0.1, -0.05) is 25.0 Å². The van der Waals surface area contributed by atoms with E-state index in [1.54, 1.807) is 18.1 Å². The number of nitrogens with one attached hydrogen (secondary N) is 1. The summed E-state index contributed by atoms with van der Waals surface area (Å²) in [4.78, 5) is 41.8. The second-order valence-electron chi connectivity index (χ2n) is 11.9. The van der Waals surface area contributed by atoms with E-state index in [2.05, 4.69) is 20.2 Å². The third kappa shape index (κ3) is 5.81. The third-order valence-electron chi connectivity index (χ3n) is 9.00. The molecule has 6 rings (SSSR count). The predicted octanol–water partition coefficient (Wildman–Crippen LogP) is 2.68. The Hall–Kier alpha value is -3.12. The number of carbonyl (C=O) groups is 2. The Morgan fingerprint density at radius 1 is 1.15 bits per heavy atom. The van der Waals surface area contributed by atoms with E-state index in [4.69, 9.17) is 4.74 Å². The third-order valence-corrected chi connectivity index (χ3v) is 9.00. The van der Waals surface area contributed by atoms with Gasteiger partial charge in [0.05, 0.1) is 18.8 Å². The number of fused-ring (bicyclic) bond motifs is 1. The molecule has 0 aromatic carbocycles. The number of piperazine rings is 1. The summed E-state index contributed by atoms with van der Waals surface area (Å²) in [5.41, 5.74) is 0.847. The fraction of sp³-hybridized carbons (Fsp3) is 0.655. The van der Waals surface area contributed by atoms with Gasteiger partial charge in [-0.15, -0.1) is 0 Å². The summed E-state index contributed by atoms with van der Waals surface area (Å²) in [5, 5.41) is 3.25. The first kappa shape index (κ1) is 28.0. The lowest BCUT2D eigenvalue weighted by atomic mass is 9.99. The Labute approximate surface area is 239 Å². The molecular weight excluding hydrogens is 532 g/mol. The van der Waals surface area contributed by atoms with Crippen LogP contribution in [0.25, 0.3) is 0 Å². The summed E-state index contributed by atoms with van der Waals surface area (Å²) in [5.74, 6) is -3.39. The topological polar surface area (TPSA) is 94.1 Å². The van der Waals surface area contributed by atoms with E-state index in [1.807, 2.05) is 17.1 Å². The Morgan fingerprint density at radius 2 is 1.88 bits per heavy atom. The summed E-state index contributed by atoms with van der Waals surface area (Å²) in [6, 6.07) is -0.494. The molecular formula is C29H39F2N7O3. The van der Waals surface area contributed by atoms with Gasteiger partial charge in [-0.2, -0.15) is 13.8 Å². The molecule has 0 spiro atoms. The Morgan fingerprint density at radius 3 is 2.56 bits per heavy atom. The number of hydrogen-bond acceptors (Lipinski definition) is 8. The van der Waals surface area contributed by atoms with Crippen LogP contribution >= 0.6 is 0 Å². The number of amides is 2. The van der Waals surface area contributed by atoms with E-state index in [0.717, 1.165) is 56.1 Å². The zero-order chi connectivity index (χ0) is 28.7. The van der Waals surface area contributed by atoms with Crippen molar-refractivity contribution in [1.29, 1.82) is 0 Å². The van der Waals surface area contributed by atoms with E-state index in [9.17, 15) is 18.4 Å². The second-order valence-corrected chi connectivity index (χ2v) is 11.9. The van der Waals surface area contributed by atoms with Crippen molar-refractivity contribution in [3.63, 3.8) is 0 Å². The van der Waals surface area contributed by atoms with E-state index in [1.165, 1.54) is 26.1 Å². The first-order valence-electron chi connectivity index (χ1n) is 14.7. The van der Waals surface area contributed by atoms with Crippen molar-refractivity contribution in [1.82, 2.24) is 19.8 Å². The smallest absolute Gasteiger partial charge is 0.342 e. The van der Waals surface area contributed by atoms with Crippen molar-refractivity contribution < 1.29 is 23.1 Å². The molecule has 0 radical (unpaired) electrons. The number of hydrogen-bond donors (Lipinski definition) is 1. The van der Waals surface area contributed by atoms with Crippen LogP contribution in [-0.2, 0) is 14.3 Å². The molecule has 3 aliphatic carbocycles. The van der Waals surface area contributed by atoms with Crippen molar-refractivity contribution in [2.45, 2.75) is 62.6 Å². The summed E-state index contributed by atoms with van der Waals surface area (Å²) in [7, 11) is 2.92. The molecule has 3 fully saturated rings. The van der Waals surface area contributed by atoms with Crippen LogP contribution in [0, 0.1) is 5.92 Å². The van der Waals surface area contributed by atoms with Gasteiger partial charge >= 0.3 is 5.92 Å².